The first-order chi connectivity index (χ1) is 6.02. The minimum Gasteiger partial charge on any atom is -0.348 e. The fraction of sp³-hybridized carbons (Fsp3) is 0.125. The van der Waals surface area contributed by atoms with E-state index in [4.69, 9.17) is 47.0 Å². The second-order valence-electron chi connectivity index (χ2n) is 2.40. The second kappa shape index (κ2) is 4.47. The van der Waals surface area contributed by atoms with Crippen molar-refractivity contribution in [3.05, 3.63) is 27.2 Å². The van der Waals surface area contributed by atoms with Crippen LogP contribution in [0.15, 0.2) is 12.1 Å². The molecule has 0 saturated heterocycles. The normalized spacial score (nSPS) is 9.85. The molecule has 1 N–H and O–H groups in total. The zero-order valence-electron chi connectivity index (χ0n) is 6.70. The number of anilines is 1. The van der Waals surface area contributed by atoms with Gasteiger partial charge < -0.3 is 5.32 Å². The van der Waals surface area contributed by atoms with Crippen LogP contribution in [0.4, 0.5) is 5.69 Å². The van der Waals surface area contributed by atoms with Gasteiger partial charge in [0.2, 0.25) is 0 Å². The topological polar surface area (TPSA) is 12.0 Å². The molecule has 0 heterocycles. The molecule has 0 saturated carbocycles. The molecule has 0 fully saturated rings. The maximum absolute atomic E-state index is 5.90. The van der Waals surface area contributed by atoms with E-state index in [1.54, 1.807) is 19.1 Å². The summed E-state index contributed by atoms with van der Waals surface area (Å²) in [6.45, 7) is 1.74. The van der Waals surface area contributed by atoms with Crippen LogP contribution in [0.1, 0.15) is 6.92 Å². The Bertz CT molecular complexity index is 351. The number of rotatable bonds is 1. The zero-order valence-corrected chi connectivity index (χ0v) is 9.78. The molecule has 0 bridgehead atoms. The van der Waals surface area contributed by atoms with E-state index in [-0.39, 0.29) is 0 Å². The standard InChI is InChI=1S/C8H6Cl3NS/c1-4(13)12-8-6(10)3-2-5(9)7(8)11/h2-3H,1H3,(H,12,13). The number of halogens is 3. The molecule has 0 aliphatic rings. The molecule has 0 aliphatic carbocycles. The summed E-state index contributed by atoms with van der Waals surface area (Å²) in [5.74, 6) is 0. The Hall–Kier alpha value is -0.0200. The first-order valence-corrected chi connectivity index (χ1v) is 4.97. The summed E-state index contributed by atoms with van der Waals surface area (Å²) >= 11 is 22.4. The van der Waals surface area contributed by atoms with Crippen LogP contribution in [0.2, 0.25) is 15.1 Å². The highest BCUT2D eigenvalue weighted by Crippen LogP contribution is 2.35. The van der Waals surface area contributed by atoms with Crippen molar-refractivity contribution >= 4 is 57.7 Å². The van der Waals surface area contributed by atoms with Crippen LogP contribution in [0, 0.1) is 0 Å². The van der Waals surface area contributed by atoms with Crippen molar-refractivity contribution in [1.82, 2.24) is 0 Å². The summed E-state index contributed by atoms with van der Waals surface area (Å²) in [6, 6.07) is 3.30. The number of nitrogens with one attached hydrogen (secondary N) is 1. The van der Waals surface area contributed by atoms with Gasteiger partial charge in [0.15, 0.2) is 0 Å². The molecule has 5 heteroatoms. The van der Waals surface area contributed by atoms with E-state index in [1.165, 1.54) is 0 Å². The smallest absolute Gasteiger partial charge is 0.0842 e. The molecule has 0 aromatic heterocycles. The molecular formula is C8H6Cl3NS. The van der Waals surface area contributed by atoms with Gasteiger partial charge in [0.1, 0.15) is 0 Å². The SMILES string of the molecule is CC(=S)Nc1c(Cl)ccc(Cl)c1Cl. The number of benzene rings is 1. The lowest BCUT2D eigenvalue weighted by Crippen LogP contribution is -2.04. The zero-order chi connectivity index (χ0) is 10.0. The van der Waals surface area contributed by atoms with E-state index >= 15 is 0 Å². The molecule has 0 aliphatic heterocycles. The van der Waals surface area contributed by atoms with Gasteiger partial charge in [-0.3, -0.25) is 0 Å². The average Bonchev–Trinajstić information content (AvgIpc) is 2.05. The summed E-state index contributed by atoms with van der Waals surface area (Å²) in [5.41, 5.74) is 0.559. The minimum absolute atomic E-state index is 0.387. The van der Waals surface area contributed by atoms with Crippen molar-refractivity contribution in [1.29, 1.82) is 0 Å². The van der Waals surface area contributed by atoms with Crippen molar-refractivity contribution in [2.24, 2.45) is 0 Å². The van der Waals surface area contributed by atoms with E-state index in [0.717, 1.165) is 0 Å². The summed E-state index contributed by atoms with van der Waals surface area (Å²) in [4.78, 5) is 0.589. The predicted octanol–water partition coefficient (Wildman–Crippen LogP) is 4.41. The first-order valence-electron chi connectivity index (χ1n) is 3.43. The van der Waals surface area contributed by atoms with Gasteiger partial charge in [0, 0.05) is 0 Å². The highest BCUT2D eigenvalue weighted by Gasteiger charge is 2.08. The molecule has 0 unspecified atom stereocenters. The van der Waals surface area contributed by atoms with E-state index < -0.39 is 0 Å². The van der Waals surface area contributed by atoms with Gasteiger partial charge in [-0.25, -0.2) is 0 Å². The van der Waals surface area contributed by atoms with Crippen LogP contribution < -0.4 is 5.32 Å². The van der Waals surface area contributed by atoms with Gasteiger partial charge in [-0.05, 0) is 19.1 Å². The van der Waals surface area contributed by atoms with E-state index in [9.17, 15) is 0 Å². The monoisotopic (exact) mass is 253 g/mol. The van der Waals surface area contributed by atoms with Crippen LogP contribution in [0.5, 0.6) is 0 Å². The minimum atomic E-state index is 0.387. The lowest BCUT2D eigenvalue weighted by molar-refractivity contribution is 1.63. The second-order valence-corrected chi connectivity index (χ2v) is 4.20. The number of hydrogen-bond acceptors (Lipinski definition) is 1. The molecule has 1 nitrogen and oxygen atoms in total. The quantitative estimate of drug-likeness (QED) is 0.589. The molecule has 0 amide bonds. The third kappa shape index (κ3) is 2.71. The lowest BCUT2D eigenvalue weighted by atomic mass is 10.3. The predicted molar refractivity (Wildman–Crippen MR) is 63.4 cm³/mol. The summed E-state index contributed by atoms with van der Waals surface area (Å²) in [7, 11) is 0. The van der Waals surface area contributed by atoms with Crippen molar-refractivity contribution in [3.63, 3.8) is 0 Å². The summed E-state index contributed by atoms with van der Waals surface area (Å²) < 4.78 is 0. The third-order valence-corrected chi connectivity index (χ3v) is 2.57. The lowest BCUT2D eigenvalue weighted by Gasteiger charge is -2.09. The highest BCUT2D eigenvalue weighted by molar-refractivity contribution is 7.80. The van der Waals surface area contributed by atoms with Gasteiger partial charge in [0.25, 0.3) is 0 Å². The van der Waals surface area contributed by atoms with Crippen molar-refractivity contribution in [2.45, 2.75) is 6.92 Å². The summed E-state index contributed by atoms with van der Waals surface area (Å²) in [6.07, 6.45) is 0. The molecule has 70 valence electrons. The Morgan fingerprint density at radius 3 is 2.31 bits per heavy atom. The van der Waals surface area contributed by atoms with Crippen molar-refractivity contribution in [2.75, 3.05) is 5.32 Å². The fourth-order valence-electron chi connectivity index (χ4n) is 0.818. The third-order valence-electron chi connectivity index (χ3n) is 1.35. The molecular weight excluding hydrogens is 249 g/mol. The molecule has 1 aromatic carbocycles. The molecule has 1 aromatic rings. The van der Waals surface area contributed by atoms with Crippen LogP contribution in [0.25, 0.3) is 0 Å². The largest absolute Gasteiger partial charge is 0.348 e. The summed E-state index contributed by atoms with van der Waals surface area (Å²) in [5, 5.41) is 4.20. The molecule has 0 spiro atoms. The fourth-order valence-corrected chi connectivity index (χ4v) is 1.54. The van der Waals surface area contributed by atoms with Gasteiger partial charge in [0.05, 0.1) is 25.7 Å². The maximum atomic E-state index is 5.90. The highest BCUT2D eigenvalue weighted by atomic mass is 35.5. The van der Waals surface area contributed by atoms with E-state index in [2.05, 4.69) is 5.32 Å². The average molecular weight is 255 g/mol. The van der Waals surface area contributed by atoms with Crippen molar-refractivity contribution < 1.29 is 0 Å². The van der Waals surface area contributed by atoms with Crippen molar-refractivity contribution in [3.8, 4) is 0 Å². The van der Waals surface area contributed by atoms with E-state index in [0.29, 0.717) is 25.7 Å². The molecule has 13 heavy (non-hydrogen) atoms. The molecule has 0 atom stereocenters. The van der Waals surface area contributed by atoms with Gasteiger partial charge >= 0.3 is 0 Å². The van der Waals surface area contributed by atoms with Gasteiger partial charge in [-0.2, -0.15) is 0 Å². The Kier molecular flexibility index (Phi) is 3.80. The van der Waals surface area contributed by atoms with Crippen LogP contribution in [-0.4, -0.2) is 4.99 Å². The number of hydrogen-bond donors (Lipinski definition) is 1. The number of thiocarbonyl (C=S) groups is 1. The molecule has 0 radical (unpaired) electrons. The van der Waals surface area contributed by atoms with Crippen LogP contribution in [-0.2, 0) is 0 Å². The van der Waals surface area contributed by atoms with Crippen LogP contribution >= 0.6 is 47.0 Å². The van der Waals surface area contributed by atoms with Crippen LogP contribution in [0.3, 0.4) is 0 Å². The Balaban J connectivity index is 3.17. The van der Waals surface area contributed by atoms with E-state index in [1.807, 2.05) is 0 Å². The van der Waals surface area contributed by atoms with Gasteiger partial charge in [-0.1, -0.05) is 47.0 Å². The Labute approximate surface area is 97.0 Å². The Morgan fingerprint density at radius 1 is 1.23 bits per heavy atom. The van der Waals surface area contributed by atoms with Gasteiger partial charge in [-0.15, -0.1) is 0 Å². The Morgan fingerprint density at radius 2 is 1.77 bits per heavy atom. The molecule has 1 rings (SSSR count). The maximum Gasteiger partial charge on any atom is 0.0842 e. The first kappa shape index (κ1) is 11.1.